The molecule has 0 spiro atoms. The van der Waals surface area contributed by atoms with E-state index >= 15 is 0 Å². The van der Waals surface area contributed by atoms with Gasteiger partial charge in [0, 0.05) is 12.6 Å². The van der Waals surface area contributed by atoms with Gasteiger partial charge in [-0.3, -0.25) is 4.79 Å². The van der Waals surface area contributed by atoms with Gasteiger partial charge in [-0.15, -0.1) is 0 Å². The topological polar surface area (TPSA) is 67.1 Å². The third kappa shape index (κ3) is 5.64. The SMILES string of the molecule is C[C@@H](CNc1cccc(Cl)c1F)NC(=O)[C@@H](N)CC1CCCCC1. The molecule has 0 saturated heterocycles. The zero-order chi connectivity index (χ0) is 17.5. The Hall–Kier alpha value is -1.33. The maximum atomic E-state index is 13.8. The van der Waals surface area contributed by atoms with Crippen molar-refractivity contribution in [2.75, 3.05) is 11.9 Å². The van der Waals surface area contributed by atoms with Crippen molar-refractivity contribution in [3.63, 3.8) is 0 Å². The van der Waals surface area contributed by atoms with Crippen LogP contribution in [0, 0.1) is 11.7 Å². The van der Waals surface area contributed by atoms with Gasteiger partial charge in [0.15, 0.2) is 5.82 Å². The first-order valence-corrected chi connectivity index (χ1v) is 9.09. The lowest BCUT2D eigenvalue weighted by Crippen LogP contribution is -2.47. The number of halogens is 2. The Morgan fingerprint density at radius 3 is 2.79 bits per heavy atom. The minimum absolute atomic E-state index is 0.0752. The van der Waals surface area contributed by atoms with Gasteiger partial charge in [0.05, 0.1) is 16.8 Å². The fourth-order valence-electron chi connectivity index (χ4n) is 3.19. The van der Waals surface area contributed by atoms with Crippen molar-refractivity contribution in [2.45, 2.75) is 57.5 Å². The molecule has 1 aromatic carbocycles. The van der Waals surface area contributed by atoms with E-state index in [-0.39, 0.29) is 17.0 Å². The molecular weight excluding hydrogens is 329 g/mol. The van der Waals surface area contributed by atoms with Crippen LogP contribution in [-0.4, -0.2) is 24.5 Å². The van der Waals surface area contributed by atoms with Crippen LogP contribution in [0.2, 0.25) is 5.02 Å². The second-order valence-corrected chi connectivity index (χ2v) is 7.15. The predicted molar refractivity (Wildman–Crippen MR) is 96.7 cm³/mol. The highest BCUT2D eigenvalue weighted by Crippen LogP contribution is 2.27. The number of anilines is 1. The molecule has 24 heavy (non-hydrogen) atoms. The fraction of sp³-hybridized carbons (Fsp3) is 0.611. The molecule has 1 aliphatic carbocycles. The molecule has 0 aliphatic heterocycles. The summed E-state index contributed by atoms with van der Waals surface area (Å²) in [6.45, 7) is 2.26. The van der Waals surface area contributed by atoms with Crippen LogP contribution in [-0.2, 0) is 4.79 Å². The summed E-state index contributed by atoms with van der Waals surface area (Å²) in [5, 5.41) is 5.93. The molecule has 0 aromatic heterocycles. The lowest BCUT2D eigenvalue weighted by molar-refractivity contribution is -0.123. The normalized spacial score (nSPS) is 18.0. The summed E-state index contributed by atoms with van der Waals surface area (Å²) < 4.78 is 13.8. The van der Waals surface area contributed by atoms with Gasteiger partial charge < -0.3 is 16.4 Å². The van der Waals surface area contributed by atoms with Gasteiger partial charge in [0.1, 0.15) is 0 Å². The van der Waals surface area contributed by atoms with Gasteiger partial charge in [0.2, 0.25) is 5.91 Å². The first-order valence-electron chi connectivity index (χ1n) is 8.71. The number of hydrogen-bond donors (Lipinski definition) is 3. The first-order chi connectivity index (χ1) is 11.5. The molecule has 1 fully saturated rings. The van der Waals surface area contributed by atoms with E-state index in [1.54, 1.807) is 12.1 Å². The molecule has 4 N–H and O–H groups in total. The Morgan fingerprint density at radius 1 is 1.38 bits per heavy atom. The maximum absolute atomic E-state index is 13.8. The number of rotatable bonds is 7. The summed E-state index contributed by atoms with van der Waals surface area (Å²) in [7, 11) is 0. The van der Waals surface area contributed by atoms with Gasteiger partial charge >= 0.3 is 0 Å². The van der Waals surface area contributed by atoms with Crippen LogP contribution in [0.15, 0.2) is 18.2 Å². The van der Waals surface area contributed by atoms with Crippen molar-refractivity contribution in [1.82, 2.24) is 5.32 Å². The summed E-state index contributed by atoms with van der Waals surface area (Å²) in [6.07, 6.45) is 6.86. The standard InChI is InChI=1S/C18H27ClFN3O/c1-12(11-22-16-9-5-8-14(19)17(16)20)23-18(24)15(21)10-13-6-3-2-4-7-13/h5,8-9,12-13,15,22H,2-4,6-7,10-11,21H2,1H3,(H,23,24)/t12-,15-/m0/s1. The molecule has 2 atom stereocenters. The Kier molecular flexibility index (Phi) is 7.31. The van der Waals surface area contributed by atoms with Crippen LogP contribution in [0.4, 0.5) is 10.1 Å². The van der Waals surface area contributed by atoms with E-state index in [1.165, 1.54) is 38.2 Å². The fourth-order valence-corrected chi connectivity index (χ4v) is 3.37. The van der Waals surface area contributed by atoms with Crippen molar-refractivity contribution in [2.24, 2.45) is 11.7 Å². The van der Waals surface area contributed by atoms with E-state index < -0.39 is 11.9 Å². The summed E-state index contributed by atoms with van der Waals surface area (Å²) in [5.74, 6) is -0.0541. The van der Waals surface area contributed by atoms with E-state index in [0.717, 1.165) is 6.42 Å². The van der Waals surface area contributed by atoms with Crippen molar-refractivity contribution in [1.29, 1.82) is 0 Å². The quantitative estimate of drug-likeness (QED) is 0.698. The van der Waals surface area contributed by atoms with Crippen molar-refractivity contribution in [3.05, 3.63) is 29.0 Å². The molecule has 1 aliphatic rings. The number of nitrogens with one attached hydrogen (secondary N) is 2. The number of carbonyl (C=O) groups excluding carboxylic acids is 1. The van der Waals surface area contributed by atoms with Crippen LogP contribution in [0.25, 0.3) is 0 Å². The highest BCUT2D eigenvalue weighted by atomic mass is 35.5. The van der Waals surface area contributed by atoms with E-state index in [9.17, 15) is 9.18 Å². The van der Waals surface area contributed by atoms with Crippen LogP contribution in [0.1, 0.15) is 45.4 Å². The zero-order valence-electron chi connectivity index (χ0n) is 14.2. The van der Waals surface area contributed by atoms with E-state index in [1.807, 2.05) is 6.92 Å². The molecule has 0 unspecified atom stereocenters. The lowest BCUT2D eigenvalue weighted by atomic mass is 9.85. The molecule has 0 bridgehead atoms. The summed E-state index contributed by atoms with van der Waals surface area (Å²) >= 11 is 5.75. The van der Waals surface area contributed by atoms with Crippen LogP contribution in [0.3, 0.4) is 0 Å². The maximum Gasteiger partial charge on any atom is 0.237 e. The minimum atomic E-state index is -0.480. The Morgan fingerprint density at radius 2 is 2.08 bits per heavy atom. The largest absolute Gasteiger partial charge is 0.381 e. The summed E-state index contributed by atoms with van der Waals surface area (Å²) in [4.78, 5) is 12.2. The number of hydrogen-bond acceptors (Lipinski definition) is 3. The second-order valence-electron chi connectivity index (χ2n) is 6.74. The highest BCUT2D eigenvalue weighted by molar-refractivity contribution is 6.31. The number of amides is 1. The van der Waals surface area contributed by atoms with Crippen molar-refractivity contribution >= 4 is 23.2 Å². The predicted octanol–water partition coefficient (Wildman–Crippen LogP) is 3.69. The third-order valence-electron chi connectivity index (χ3n) is 4.59. The van der Waals surface area contributed by atoms with Crippen LogP contribution in [0.5, 0.6) is 0 Å². The first kappa shape index (κ1) is 19.0. The number of carbonyl (C=O) groups is 1. The molecule has 1 saturated carbocycles. The zero-order valence-corrected chi connectivity index (χ0v) is 14.9. The van der Waals surface area contributed by atoms with Gasteiger partial charge in [-0.05, 0) is 31.4 Å². The third-order valence-corrected chi connectivity index (χ3v) is 4.88. The van der Waals surface area contributed by atoms with Crippen molar-refractivity contribution in [3.8, 4) is 0 Å². The average Bonchev–Trinajstić information content (AvgIpc) is 2.57. The molecular formula is C18H27ClFN3O. The molecule has 1 aromatic rings. The van der Waals surface area contributed by atoms with Gasteiger partial charge in [0.25, 0.3) is 0 Å². The Bertz CT molecular complexity index is 549. The summed E-state index contributed by atoms with van der Waals surface area (Å²) in [5.41, 5.74) is 6.37. The summed E-state index contributed by atoms with van der Waals surface area (Å²) in [6, 6.07) is 4.16. The Labute approximate surface area is 148 Å². The van der Waals surface area contributed by atoms with Crippen LogP contribution >= 0.6 is 11.6 Å². The van der Waals surface area contributed by atoms with E-state index in [0.29, 0.717) is 18.2 Å². The second kappa shape index (κ2) is 9.23. The van der Waals surface area contributed by atoms with Crippen molar-refractivity contribution < 1.29 is 9.18 Å². The smallest absolute Gasteiger partial charge is 0.237 e. The van der Waals surface area contributed by atoms with E-state index in [2.05, 4.69) is 10.6 Å². The van der Waals surface area contributed by atoms with Gasteiger partial charge in [-0.2, -0.15) is 0 Å². The van der Waals surface area contributed by atoms with Gasteiger partial charge in [-0.25, -0.2) is 4.39 Å². The average molecular weight is 356 g/mol. The van der Waals surface area contributed by atoms with E-state index in [4.69, 9.17) is 17.3 Å². The number of nitrogens with two attached hydrogens (primary N) is 1. The molecule has 2 rings (SSSR count). The minimum Gasteiger partial charge on any atom is -0.381 e. The highest BCUT2D eigenvalue weighted by Gasteiger charge is 2.22. The molecule has 0 heterocycles. The monoisotopic (exact) mass is 355 g/mol. The number of benzene rings is 1. The molecule has 4 nitrogen and oxygen atoms in total. The molecule has 6 heteroatoms. The molecule has 134 valence electrons. The molecule has 0 radical (unpaired) electrons. The van der Waals surface area contributed by atoms with Crippen LogP contribution < -0.4 is 16.4 Å². The lowest BCUT2D eigenvalue weighted by Gasteiger charge is -2.25. The Balaban J connectivity index is 1.75. The molecule has 1 amide bonds. The van der Waals surface area contributed by atoms with Gasteiger partial charge in [-0.1, -0.05) is 49.8 Å².